The average molecular weight is 239 g/mol. The Bertz CT molecular complexity index is 369. The highest BCUT2D eigenvalue weighted by Gasteiger charge is 2.20. The molecular formula is C12H17NO2S. The molecule has 0 saturated heterocycles. The summed E-state index contributed by atoms with van der Waals surface area (Å²) in [5.41, 5.74) is 0. The van der Waals surface area contributed by atoms with Crippen molar-refractivity contribution in [3.8, 4) is 0 Å². The van der Waals surface area contributed by atoms with Gasteiger partial charge in [0.25, 0.3) is 0 Å². The Morgan fingerprint density at radius 3 is 2.62 bits per heavy atom. The van der Waals surface area contributed by atoms with Crippen molar-refractivity contribution in [2.24, 2.45) is 0 Å². The molecule has 1 fully saturated rings. The molecule has 0 bridgehead atoms. The molecule has 0 atom stereocenters. The Kier molecular flexibility index (Phi) is 3.49. The van der Waals surface area contributed by atoms with Crippen LogP contribution in [0.1, 0.15) is 41.8 Å². The predicted octanol–water partition coefficient (Wildman–Crippen LogP) is 3.22. The number of aromatic carboxylic acids is 1. The summed E-state index contributed by atoms with van der Waals surface area (Å²) in [5.74, 6) is -0.826. The van der Waals surface area contributed by atoms with Crippen molar-refractivity contribution in [1.82, 2.24) is 0 Å². The molecular weight excluding hydrogens is 222 g/mol. The number of thiophene rings is 1. The van der Waals surface area contributed by atoms with Crippen LogP contribution in [-0.4, -0.2) is 24.2 Å². The maximum Gasteiger partial charge on any atom is 0.345 e. The molecule has 4 heteroatoms. The molecule has 2 rings (SSSR count). The van der Waals surface area contributed by atoms with Gasteiger partial charge < -0.3 is 10.0 Å². The van der Waals surface area contributed by atoms with E-state index < -0.39 is 5.97 Å². The first kappa shape index (κ1) is 11.5. The Hall–Kier alpha value is -1.03. The number of hydrogen-bond donors (Lipinski definition) is 1. The van der Waals surface area contributed by atoms with Crippen molar-refractivity contribution in [2.45, 2.75) is 38.1 Å². The smallest absolute Gasteiger partial charge is 0.345 e. The van der Waals surface area contributed by atoms with Gasteiger partial charge in [-0.05, 0) is 25.0 Å². The Balaban J connectivity index is 2.07. The Labute approximate surface area is 99.7 Å². The van der Waals surface area contributed by atoms with Gasteiger partial charge in [0.15, 0.2) is 0 Å². The summed E-state index contributed by atoms with van der Waals surface area (Å²) < 4.78 is 0. The zero-order valence-electron chi connectivity index (χ0n) is 9.48. The lowest BCUT2D eigenvalue weighted by Crippen LogP contribution is -2.32. The topological polar surface area (TPSA) is 40.5 Å². The lowest BCUT2D eigenvalue weighted by Gasteiger charge is -2.31. The molecule has 1 N–H and O–H groups in total. The van der Waals surface area contributed by atoms with Crippen LogP contribution in [-0.2, 0) is 0 Å². The second-order valence-corrected chi connectivity index (χ2v) is 5.41. The van der Waals surface area contributed by atoms with Gasteiger partial charge in [-0.3, -0.25) is 0 Å². The van der Waals surface area contributed by atoms with E-state index in [9.17, 15) is 4.79 Å². The van der Waals surface area contributed by atoms with Crippen LogP contribution in [0.25, 0.3) is 0 Å². The van der Waals surface area contributed by atoms with Gasteiger partial charge in [-0.25, -0.2) is 4.79 Å². The van der Waals surface area contributed by atoms with Crippen LogP contribution in [0.3, 0.4) is 0 Å². The minimum absolute atomic E-state index is 0.428. The second-order valence-electron chi connectivity index (χ2n) is 4.35. The molecule has 0 aliphatic heterocycles. The van der Waals surface area contributed by atoms with E-state index in [0.717, 1.165) is 5.00 Å². The number of anilines is 1. The molecule has 0 spiro atoms. The summed E-state index contributed by atoms with van der Waals surface area (Å²) in [6.45, 7) is 0. The average Bonchev–Trinajstić information content (AvgIpc) is 2.78. The predicted molar refractivity (Wildman–Crippen MR) is 66.6 cm³/mol. The molecule has 1 aliphatic carbocycles. The van der Waals surface area contributed by atoms with Gasteiger partial charge >= 0.3 is 5.97 Å². The van der Waals surface area contributed by atoms with E-state index in [1.54, 1.807) is 6.07 Å². The zero-order valence-corrected chi connectivity index (χ0v) is 10.3. The Morgan fingerprint density at radius 1 is 1.38 bits per heavy atom. The number of rotatable bonds is 3. The first-order chi connectivity index (χ1) is 7.68. The molecule has 1 aliphatic rings. The van der Waals surface area contributed by atoms with Crippen molar-refractivity contribution in [2.75, 3.05) is 11.9 Å². The van der Waals surface area contributed by atoms with E-state index >= 15 is 0 Å². The van der Waals surface area contributed by atoms with Crippen molar-refractivity contribution >= 4 is 22.3 Å². The highest BCUT2D eigenvalue weighted by atomic mass is 32.1. The monoisotopic (exact) mass is 239 g/mol. The SMILES string of the molecule is CN(c1ccc(C(=O)O)s1)C1CCCCC1. The largest absolute Gasteiger partial charge is 0.477 e. The molecule has 1 aromatic heterocycles. The molecule has 0 unspecified atom stereocenters. The van der Waals surface area contributed by atoms with Gasteiger partial charge in [-0.1, -0.05) is 19.3 Å². The third-order valence-electron chi connectivity index (χ3n) is 3.27. The summed E-state index contributed by atoms with van der Waals surface area (Å²) in [7, 11) is 2.08. The Morgan fingerprint density at radius 2 is 2.06 bits per heavy atom. The summed E-state index contributed by atoms with van der Waals surface area (Å²) in [6, 6.07) is 4.21. The van der Waals surface area contributed by atoms with Gasteiger partial charge in [0.05, 0.1) is 5.00 Å². The second kappa shape index (κ2) is 4.87. The first-order valence-electron chi connectivity index (χ1n) is 5.74. The highest BCUT2D eigenvalue weighted by molar-refractivity contribution is 7.17. The van der Waals surface area contributed by atoms with Crippen LogP contribution in [0, 0.1) is 0 Å². The summed E-state index contributed by atoms with van der Waals surface area (Å²) in [4.78, 5) is 13.5. The van der Waals surface area contributed by atoms with Crippen LogP contribution in [0.5, 0.6) is 0 Å². The first-order valence-corrected chi connectivity index (χ1v) is 6.56. The van der Waals surface area contributed by atoms with Crippen LogP contribution >= 0.6 is 11.3 Å². The van der Waals surface area contributed by atoms with Crippen LogP contribution in [0.15, 0.2) is 12.1 Å². The maximum atomic E-state index is 10.8. The van der Waals surface area contributed by atoms with E-state index in [1.165, 1.54) is 43.4 Å². The normalized spacial score (nSPS) is 17.3. The van der Waals surface area contributed by atoms with Crippen molar-refractivity contribution in [1.29, 1.82) is 0 Å². The summed E-state index contributed by atoms with van der Waals surface area (Å²) in [6.07, 6.45) is 6.40. The summed E-state index contributed by atoms with van der Waals surface area (Å²) in [5, 5.41) is 9.96. The van der Waals surface area contributed by atoms with Crippen molar-refractivity contribution < 1.29 is 9.90 Å². The number of carbonyl (C=O) groups is 1. The van der Waals surface area contributed by atoms with Gasteiger partial charge in [0, 0.05) is 13.1 Å². The fourth-order valence-electron chi connectivity index (χ4n) is 2.28. The minimum Gasteiger partial charge on any atom is -0.477 e. The van der Waals surface area contributed by atoms with E-state index in [-0.39, 0.29) is 0 Å². The molecule has 0 aromatic carbocycles. The van der Waals surface area contributed by atoms with Gasteiger partial charge in [0.2, 0.25) is 0 Å². The van der Waals surface area contributed by atoms with E-state index in [0.29, 0.717) is 10.9 Å². The molecule has 16 heavy (non-hydrogen) atoms. The number of carboxylic acid groups (broad SMARTS) is 1. The molecule has 0 amide bonds. The number of hydrogen-bond acceptors (Lipinski definition) is 3. The van der Waals surface area contributed by atoms with Gasteiger partial charge in [0.1, 0.15) is 4.88 Å². The zero-order chi connectivity index (χ0) is 11.5. The molecule has 1 aromatic rings. The lowest BCUT2D eigenvalue weighted by molar-refractivity contribution is 0.0702. The van der Waals surface area contributed by atoms with Crippen LogP contribution in [0.4, 0.5) is 5.00 Å². The van der Waals surface area contributed by atoms with Gasteiger partial charge in [-0.2, -0.15) is 0 Å². The maximum absolute atomic E-state index is 10.8. The lowest BCUT2D eigenvalue weighted by atomic mass is 9.95. The van der Waals surface area contributed by atoms with Crippen molar-refractivity contribution in [3.05, 3.63) is 17.0 Å². The summed E-state index contributed by atoms with van der Waals surface area (Å²) >= 11 is 1.37. The fraction of sp³-hybridized carbons (Fsp3) is 0.583. The van der Waals surface area contributed by atoms with E-state index in [1.807, 2.05) is 6.07 Å². The van der Waals surface area contributed by atoms with Gasteiger partial charge in [-0.15, -0.1) is 11.3 Å². The molecule has 1 heterocycles. The molecule has 88 valence electrons. The van der Waals surface area contributed by atoms with Crippen LogP contribution < -0.4 is 4.90 Å². The molecule has 3 nitrogen and oxygen atoms in total. The molecule has 0 radical (unpaired) electrons. The number of nitrogens with zero attached hydrogens (tertiary/aromatic N) is 1. The molecule has 1 saturated carbocycles. The van der Waals surface area contributed by atoms with E-state index in [2.05, 4.69) is 11.9 Å². The quantitative estimate of drug-likeness (QED) is 0.880. The van der Waals surface area contributed by atoms with E-state index in [4.69, 9.17) is 5.11 Å². The van der Waals surface area contributed by atoms with Crippen molar-refractivity contribution in [3.63, 3.8) is 0 Å². The third-order valence-corrected chi connectivity index (χ3v) is 4.44. The standard InChI is InChI=1S/C12H17NO2S/c1-13(9-5-3-2-4-6-9)11-8-7-10(16-11)12(14)15/h7-9H,2-6H2,1H3,(H,14,15). The minimum atomic E-state index is -0.826. The van der Waals surface area contributed by atoms with Crippen LogP contribution in [0.2, 0.25) is 0 Å². The highest BCUT2D eigenvalue weighted by Crippen LogP contribution is 2.31. The number of carboxylic acids is 1. The fourth-order valence-corrected chi connectivity index (χ4v) is 3.16. The third kappa shape index (κ3) is 2.38.